The largest absolute Gasteiger partial charge is 0.366 e. The van der Waals surface area contributed by atoms with Crippen LogP contribution in [0.4, 0.5) is 5.69 Å². The minimum Gasteiger partial charge on any atom is -0.366 e. The number of rotatable bonds is 10. The first-order valence-corrected chi connectivity index (χ1v) is 19.4. The number of sulfone groups is 2. The lowest BCUT2D eigenvalue weighted by molar-refractivity contribution is 0.102. The Morgan fingerprint density at radius 2 is 1.50 bits per heavy atom. The Kier molecular flexibility index (Phi) is 12.2. The number of aromatic nitrogens is 1. The van der Waals surface area contributed by atoms with Gasteiger partial charge in [-0.25, -0.2) is 26.8 Å². The lowest BCUT2D eigenvalue weighted by Gasteiger charge is -2.11. The van der Waals surface area contributed by atoms with E-state index in [4.69, 9.17) is 4.98 Å². The number of benzene rings is 3. The minimum atomic E-state index is -3.19. The van der Waals surface area contributed by atoms with E-state index in [0.29, 0.717) is 10.5 Å². The van der Waals surface area contributed by atoms with E-state index in [-0.39, 0.29) is 16.0 Å². The molecule has 4 aromatic rings. The number of alkyl halides is 1. The number of thiazole rings is 1. The highest BCUT2D eigenvalue weighted by atomic mass is 79.9. The second kappa shape index (κ2) is 15.2. The molecule has 44 heavy (non-hydrogen) atoms. The van der Waals surface area contributed by atoms with Gasteiger partial charge in [0.25, 0.3) is 0 Å². The third kappa shape index (κ3) is 9.91. The van der Waals surface area contributed by atoms with Crippen LogP contribution in [0.5, 0.6) is 0 Å². The summed E-state index contributed by atoms with van der Waals surface area (Å²) in [6.07, 6.45) is 4.97. The van der Waals surface area contributed by atoms with E-state index >= 15 is 0 Å². The quantitative estimate of drug-likeness (QED) is 0.0776. The molecule has 0 bridgehead atoms. The van der Waals surface area contributed by atoms with Gasteiger partial charge < -0.3 is 4.90 Å². The summed E-state index contributed by atoms with van der Waals surface area (Å²) in [6.45, 7) is 7.20. The van der Waals surface area contributed by atoms with Crippen LogP contribution in [0.15, 0.2) is 80.8 Å². The van der Waals surface area contributed by atoms with E-state index in [1.54, 1.807) is 23.5 Å². The van der Waals surface area contributed by atoms with E-state index < -0.39 is 19.7 Å². The Morgan fingerprint density at radius 3 is 2.02 bits per heavy atom. The third-order valence-corrected chi connectivity index (χ3v) is 10.4. The van der Waals surface area contributed by atoms with Crippen molar-refractivity contribution in [3.8, 4) is 11.3 Å². The van der Waals surface area contributed by atoms with Gasteiger partial charge in [-0.15, -0.1) is 11.3 Å². The summed E-state index contributed by atoms with van der Waals surface area (Å²) in [5.74, 6) is -0.0648. The smallest absolute Gasteiger partial charge is 0.175 e. The number of nitrogens with zero attached hydrogens (tertiary/aromatic N) is 3. The maximum Gasteiger partial charge on any atom is 0.175 e. The highest BCUT2D eigenvalue weighted by molar-refractivity contribution is 9.09. The Morgan fingerprint density at radius 1 is 0.932 bits per heavy atom. The van der Waals surface area contributed by atoms with Crippen LogP contribution in [0.2, 0.25) is 0 Å². The Bertz CT molecular complexity index is 1850. The second-order valence-electron chi connectivity index (χ2n) is 10.3. The van der Waals surface area contributed by atoms with Gasteiger partial charge in [0.05, 0.1) is 37.8 Å². The number of carbonyl (C=O) groups is 1. The van der Waals surface area contributed by atoms with Crippen LogP contribution in [0, 0.1) is 13.8 Å². The van der Waals surface area contributed by atoms with Gasteiger partial charge in [-0.05, 0) is 67.8 Å². The van der Waals surface area contributed by atoms with Gasteiger partial charge in [0.1, 0.15) is 0 Å². The van der Waals surface area contributed by atoms with Crippen molar-refractivity contribution in [3.63, 3.8) is 0 Å². The van der Waals surface area contributed by atoms with Crippen molar-refractivity contribution in [1.29, 1.82) is 0 Å². The normalized spacial score (nSPS) is 11.7. The van der Waals surface area contributed by atoms with Crippen LogP contribution in [0.25, 0.3) is 11.3 Å². The Labute approximate surface area is 272 Å². The zero-order valence-corrected chi connectivity index (χ0v) is 29.6. The summed E-state index contributed by atoms with van der Waals surface area (Å²) < 4.78 is 45.5. The first-order valence-electron chi connectivity index (χ1n) is 13.6. The molecule has 3 aromatic carbocycles. The second-order valence-corrected chi connectivity index (χ2v) is 15.9. The molecule has 0 aliphatic carbocycles. The summed E-state index contributed by atoms with van der Waals surface area (Å²) in [7, 11) is -4.36. The van der Waals surface area contributed by atoms with Gasteiger partial charge in [0.15, 0.2) is 25.5 Å². The van der Waals surface area contributed by atoms with E-state index in [0.717, 1.165) is 46.7 Å². The number of hydrogen-bond donors (Lipinski definition) is 0. The fraction of sp³-hybridized carbons (Fsp3) is 0.281. The molecule has 4 rings (SSSR count). The zero-order valence-electron chi connectivity index (χ0n) is 25.5. The molecule has 8 nitrogen and oxygen atoms in total. The lowest BCUT2D eigenvalue weighted by Crippen LogP contribution is -2.14. The highest BCUT2D eigenvalue weighted by Gasteiger charge is 2.12. The number of aryl methyl sites for hydroxylation is 2. The van der Waals surface area contributed by atoms with Gasteiger partial charge in [0.2, 0.25) is 0 Å². The lowest BCUT2D eigenvalue weighted by atomic mass is 10.0. The molecule has 0 saturated heterocycles. The van der Waals surface area contributed by atoms with Crippen LogP contribution in [-0.2, 0) is 26.1 Å². The number of hydrogen-bond acceptors (Lipinski definition) is 8. The topological polar surface area (TPSA) is 114 Å². The number of ketones is 1. The minimum absolute atomic E-state index is 0.0648. The molecular formula is C32H36BrN3O5S3. The summed E-state index contributed by atoms with van der Waals surface area (Å²) >= 11 is 4.66. The fourth-order valence-electron chi connectivity index (χ4n) is 3.96. The highest BCUT2D eigenvalue weighted by Crippen LogP contribution is 2.28. The molecule has 234 valence electrons. The zero-order chi connectivity index (χ0) is 32.7. The standard InChI is InChI=1S/C23H27N3O2S2.C9H9BrO3S/c1-6-26(4)15-24-21-12-16(2)19(11-17(21)3)13-23-25-22(14-29-23)18-7-9-20(10-8-18)30(5,27)28;1-14(12,13)8-4-2-7(3-5-8)9(11)6-10/h7-12,14-15H,6,13H2,1-5H3;2-5H,6H2,1H3. The molecule has 1 heterocycles. The molecule has 0 radical (unpaired) electrons. The SMILES string of the molecule is CCN(C)C=Nc1cc(C)c(Cc2nc(-c3ccc(S(C)(=O)=O)cc3)cs2)cc1C.CS(=O)(=O)c1ccc(C(=O)CBr)cc1. The molecule has 0 aliphatic rings. The van der Waals surface area contributed by atoms with E-state index in [1.165, 1.54) is 41.6 Å². The van der Waals surface area contributed by atoms with E-state index in [2.05, 4.69) is 53.8 Å². The first-order chi connectivity index (χ1) is 20.6. The van der Waals surface area contributed by atoms with E-state index in [9.17, 15) is 21.6 Å². The number of Topliss-reactive ketones (excluding diaryl/α,β-unsaturated/α-hetero) is 1. The van der Waals surface area contributed by atoms with Crippen molar-refractivity contribution < 1.29 is 21.6 Å². The van der Waals surface area contributed by atoms with Crippen molar-refractivity contribution in [2.24, 2.45) is 4.99 Å². The van der Waals surface area contributed by atoms with Crippen LogP contribution in [-0.4, -0.2) is 70.3 Å². The van der Waals surface area contributed by atoms with Crippen LogP contribution >= 0.6 is 27.3 Å². The fourth-order valence-corrected chi connectivity index (χ4v) is 6.37. The van der Waals surface area contributed by atoms with Gasteiger partial charge in [-0.3, -0.25) is 4.79 Å². The van der Waals surface area contributed by atoms with Gasteiger partial charge in [-0.2, -0.15) is 0 Å². The summed E-state index contributed by atoms with van der Waals surface area (Å²) in [5.41, 5.74) is 6.86. The predicted octanol–water partition coefficient (Wildman–Crippen LogP) is 6.70. The van der Waals surface area contributed by atoms with Crippen LogP contribution in [0.1, 0.15) is 39.0 Å². The molecule has 0 amide bonds. The number of aliphatic imine (C=N–C) groups is 1. The van der Waals surface area contributed by atoms with Crippen molar-refractivity contribution in [2.45, 2.75) is 37.0 Å². The molecule has 0 spiro atoms. The maximum absolute atomic E-state index is 11.6. The third-order valence-electron chi connectivity index (χ3n) is 6.74. The van der Waals surface area contributed by atoms with Crippen molar-refractivity contribution in [1.82, 2.24) is 9.88 Å². The molecule has 0 saturated carbocycles. The van der Waals surface area contributed by atoms with Crippen LogP contribution < -0.4 is 0 Å². The monoisotopic (exact) mass is 717 g/mol. The first kappa shape index (κ1) is 35.3. The van der Waals surface area contributed by atoms with Crippen LogP contribution in [0.3, 0.4) is 0 Å². The van der Waals surface area contributed by atoms with E-state index in [1.807, 2.05) is 35.8 Å². The summed E-state index contributed by atoms with van der Waals surface area (Å²) in [6, 6.07) is 17.1. The molecule has 0 N–H and O–H groups in total. The van der Waals surface area contributed by atoms with Crippen molar-refractivity contribution in [2.75, 3.05) is 31.4 Å². The predicted molar refractivity (Wildman–Crippen MR) is 184 cm³/mol. The summed E-state index contributed by atoms with van der Waals surface area (Å²) in [5, 5.41) is 3.29. The number of carbonyl (C=O) groups excluding carboxylic acids is 1. The molecule has 0 atom stereocenters. The Balaban J connectivity index is 0.000000317. The maximum atomic E-state index is 11.6. The Hall–Kier alpha value is -3.19. The molecule has 1 aromatic heterocycles. The molecule has 12 heteroatoms. The van der Waals surface area contributed by atoms with Gasteiger partial charge in [0, 0.05) is 49.0 Å². The molecule has 0 aliphatic heterocycles. The van der Waals surface area contributed by atoms with Gasteiger partial charge >= 0.3 is 0 Å². The number of halogens is 1. The average molecular weight is 719 g/mol. The summed E-state index contributed by atoms with van der Waals surface area (Å²) in [4.78, 5) is 23.1. The average Bonchev–Trinajstić information content (AvgIpc) is 3.45. The molecule has 0 fully saturated rings. The molecule has 0 unspecified atom stereocenters. The molecular weight excluding hydrogens is 682 g/mol. The van der Waals surface area contributed by atoms with Crippen molar-refractivity contribution in [3.05, 3.63) is 93.3 Å². The van der Waals surface area contributed by atoms with Gasteiger partial charge in [-0.1, -0.05) is 46.3 Å². The van der Waals surface area contributed by atoms with Crippen molar-refractivity contribution >= 4 is 64.8 Å².